The normalized spacial score (nSPS) is 13.8. The summed E-state index contributed by atoms with van der Waals surface area (Å²) in [5, 5.41) is 2.53. The third-order valence-electron chi connectivity index (χ3n) is 4.01. The van der Waals surface area contributed by atoms with Crippen LogP contribution in [0.15, 0.2) is 23.6 Å². The molecule has 2 heterocycles. The molecule has 0 N–H and O–H groups in total. The molecule has 9 heteroatoms. The lowest BCUT2D eigenvalue weighted by atomic mass is 10.2. The summed E-state index contributed by atoms with van der Waals surface area (Å²) in [5.41, 5.74) is 1.43. The van der Waals surface area contributed by atoms with Crippen LogP contribution in [0.25, 0.3) is 10.6 Å². The molecule has 3 rings (SSSR count). The summed E-state index contributed by atoms with van der Waals surface area (Å²) in [6.07, 6.45) is 0.291. The van der Waals surface area contributed by atoms with Gasteiger partial charge in [-0.1, -0.05) is 0 Å². The third kappa shape index (κ3) is 4.25. The zero-order valence-corrected chi connectivity index (χ0v) is 15.7. The topological polar surface area (TPSA) is 95.0 Å². The van der Waals surface area contributed by atoms with Gasteiger partial charge in [0.15, 0.2) is 11.5 Å². The predicted molar refractivity (Wildman–Crippen MR) is 96.4 cm³/mol. The summed E-state index contributed by atoms with van der Waals surface area (Å²) in [7, 11) is 3.13. The Kier molecular flexibility index (Phi) is 5.70. The van der Waals surface area contributed by atoms with E-state index in [2.05, 4.69) is 4.98 Å². The number of esters is 1. The number of hydrogen-bond donors (Lipinski definition) is 0. The Balaban J connectivity index is 1.60. The smallest absolute Gasteiger partial charge is 0.326 e. The minimum absolute atomic E-state index is 0.0289. The van der Waals surface area contributed by atoms with Crippen LogP contribution in [0.1, 0.15) is 18.5 Å². The van der Waals surface area contributed by atoms with E-state index in [1.165, 1.54) is 11.3 Å². The quantitative estimate of drug-likeness (QED) is 0.527. The number of imide groups is 1. The standard InChI is InChI=1S/C18H18N2O6S/c1-24-13-4-3-11(7-14(13)25-2)18-19-12(10-27-18)9-26-17(23)8-20-15(21)5-6-16(20)22/h3-4,7,10H,5-6,8-9H2,1-2H3. The number of methoxy groups -OCH3 is 2. The number of carbonyl (C=O) groups is 3. The van der Waals surface area contributed by atoms with Crippen LogP contribution in [0.2, 0.25) is 0 Å². The van der Waals surface area contributed by atoms with Crippen molar-refractivity contribution in [2.75, 3.05) is 20.8 Å². The van der Waals surface area contributed by atoms with Crippen molar-refractivity contribution in [2.45, 2.75) is 19.4 Å². The molecule has 0 saturated carbocycles. The Labute approximate surface area is 159 Å². The van der Waals surface area contributed by atoms with E-state index in [0.29, 0.717) is 17.2 Å². The number of nitrogens with zero attached hydrogens (tertiary/aromatic N) is 2. The fourth-order valence-electron chi connectivity index (χ4n) is 2.60. The molecule has 27 heavy (non-hydrogen) atoms. The van der Waals surface area contributed by atoms with Crippen LogP contribution >= 0.6 is 11.3 Å². The second kappa shape index (κ2) is 8.17. The van der Waals surface area contributed by atoms with Gasteiger partial charge in [-0.2, -0.15) is 0 Å². The molecule has 1 aromatic carbocycles. The van der Waals surface area contributed by atoms with Crippen LogP contribution in [0.3, 0.4) is 0 Å². The van der Waals surface area contributed by atoms with Gasteiger partial charge in [-0.05, 0) is 18.2 Å². The lowest BCUT2D eigenvalue weighted by molar-refractivity contribution is -0.153. The highest BCUT2D eigenvalue weighted by Gasteiger charge is 2.30. The molecule has 8 nitrogen and oxygen atoms in total. The van der Waals surface area contributed by atoms with E-state index >= 15 is 0 Å². The third-order valence-corrected chi connectivity index (χ3v) is 4.95. The highest BCUT2D eigenvalue weighted by molar-refractivity contribution is 7.13. The van der Waals surface area contributed by atoms with E-state index in [4.69, 9.17) is 14.2 Å². The molecule has 1 aliphatic heterocycles. The molecular weight excluding hydrogens is 372 g/mol. The van der Waals surface area contributed by atoms with Gasteiger partial charge in [-0.15, -0.1) is 11.3 Å². The van der Waals surface area contributed by atoms with Crippen LogP contribution in [-0.2, 0) is 25.7 Å². The maximum Gasteiger partial charge on any atom is 0.326 e. The lowest BCUT2D eigenvalue weighted by Gasteiger charge is -2.12. The molecule has 0 unspecified atom stereocenters. The average molecular weight is 390 g/mol. The number of benzene rings is 1. The van der Waals surface area contributed by atoms with Gasteiger partial charge in [0.25, 0.3) is 0 Å². The van der Waals surface area contributed by atoms with Crippen molar-refractivity contribution in [3.8, 4) is 22.1 Å². The predicted octanol–water partition coefficient (Wildman–Crippen LogP) is 2.02. The average Bonchev–Trinajstić information content (AvgIpc) is 3.28. The molecule has 0 spiro atoms. The Morgan fingerprint density at radius 2 is 1.85 bits per heavy atom. The van der Waals surface area contributed by atoms with Crippen LogP contribution in [0, 0.1) is 0 Å². The van der Waals surface area contributed by atoms with Crippen molar-refractivity contribution in [1.29, 1.82) is 0 Å². The monoisotopic (exact) mass is 390 g/mol. The summed E-state index contributed by atoms with van der Waals surface area (Å²) in [4.78, 5) is 40.3. The Morgan fingerprint density at radius 1 is 1.15 bits per heavy atom. The zero-order chi connectivity index (χ0) is 19.4. The van der Waals surface area contributed by atoms with E-state index in [-0.39, 0.29) is 37.8 Å². The van der Waals surface area contributed by atoms with Gasteiger partial charge in [-0.3, -0.25) is 19.3 Å². The molecule has 1 aliphatic rings. The minimum atomic E-state index is -0.640. The molecule has 2 amide bonds. The zero-order valence-electron chi connectivity index (χ0n) is 14.9. The first kappa shape index (κ1) is 18.8. The fourth-order valence-corrected chi connectivity index (χ4v) is 3.40. The molecule has 1 fully saturated rings. The lowest BCUT2D eigenvalue weighted by Crippen LogP contribution is -2.35. The van der Waals surface area contributed by atoms with Crippen LogP contribution in [0.4, 0.5) is 0 Å². The SMILES string of the molecule is COc1ccc(-c2nc(COC(=O)CN3C(=O)CCC3=O)cs2)cc1OC. The second-order valence-electron chi connectivity index (χ2n) is 5.75. The highest BCUT2D eigenvalue weighted by Crippen LogP contribution is 2.33. The number of aromatic nitrogens is 1. The van der Waals surface area contributed by atoms with E-state index < -0.39 is 5.97 Å². The van der Waals surface area contributed by atoms with Crippen LogP contribution in [0.5, 0.6) is 11.5 Å². The highest BCUT2D eigenvalue weighted by atomic mass is 32.1. The molecule has 0 aliphatic carbocycles. The van der Waals surface area contributed by atoms with Gasteiger partial charge >= 0.3 is 5.97 Å². The van der Waals surface area contributed by atoms with E-state index in [1.807, 2.05) is 12.1 Å². The van der Waals surface area contributed by atoms with Crippen molar-refractivity contribution in [1.82, 2.24) is 9.88 Å². The molecule has 0 radical (unpaired) electrons. The summed E-state index contributed by atoms with van der Waals surface area (Å²) in [5.74, 6) is -0.113. The fraction of sp³-hybridized carbons (Fsp3) is 0.333. The largest absolute Gasteiger partial charge is 0.493 e. The van der Waals surface area contributed by atoms with Crippen LogP contribution < -0.4 is 9.47 Å². The maximum atomic E-state index is 11.9. The van der Waals surface area contributed by atoms with Crippen LogP contribution in [-0.4, -0.2) is 48.4 Å². The van der Waals surface area contributed by atoms with E-state index in [0.717, 1.165) is 15.5 Å². The number of ether oxygens (including phenoxy) is 3. The van der Waals surface area contributed by atoms with Gasteiger partial charge in [0.1, 0.15) is 18.2 Å². The van der Waals surface area contributed by atoms with Crippen molar-refractivity contribution in [3.63, 3.8) is 0 Å². The van der Waals surface area contributed by atoms with Gasteiger partial charge < -0.3 is 14.2 Å². The number of likely N-dealkylation sites (tertiary alicyclic amines) is 1. The summed E-state index contributed by atoms with van der Waals surface area (Å²) in [6.45, 7) is -0.386. The van der Waals surface area contributed by atoms with Crippen molar-refractivity contribution in [3.05, 3.63) is 29.3 Å². The number of hydrogen-bond acceptors (Lipinski definition) is 8. The Hall–Kier alpha value is -2.94. The number of amides is 2. The first-order chi connectivity index (χ1) is 13.0. The Morgan fingerprint density at radius 3 is 2.52 bits per heavy atom. The first-order valence-electron chi connectivity index (χ1n) is 8.17. The Bertz CT molecular complexity index is 862. The molecule has 1 aromatic heterocycles. The van der Waals surface area contributed by atoms with Crippen molar-refractivity contribution in [2.24, 2.45) is 0 Å². The van der Waals surface area contributed by atoms with Crippen molar-refractivity contribution < 1.29 is 28.6 Å². The molecule has 2 aromatic rings. The molecule has 1 saturated heterocycles. The maximum absolute atomic E-state index is 11.9. The summed E-state index contributed by atoms with van der Waals surface area (Å²) < 4.78 is 15.6. The van der Waals surface area contributed by atoms with Crippen molar-refractivity contribution >= 4 is 29.1 Å². The number of rotatable bonds is 7. The molecule has 0 bridgehead atoms. The van der Waals surface area contributed by atoms with Gasteiger partial charge in [0.05, 0.1) is 19.9 Å². The van der Waals surface area contributed by atoms with E-state index in [1.54, 1.807) is 25.7 Å². The second-order valence-corrected chi connectivity index (χ2v) is 6.61. The molecule has 0 atom stereocenters. The first-order valence-corrected chi connectivity index (χ1v) is 9.05. The summed E-state index contributed by atoms with van der Waals surface area (Å²) in [6, 6.07) is 5.47. The summed E-state index contributed by atoms with van der Waals surface area (Å²) >= 11 is 1.40. The molecular formula is C18H18N2O6S. The van der Waals surface area contributed by atoms with Gasteiger partial charge in [0, 0.05) is 23.8 Å². The number of carbonyl (C=O) groups excluding carboxylic acids is 3. The van der Waals surface area contributed by atoms with Gasteiger partial charge in [-0.25, -0.2) is 4.98 Å². The minimum Gasteiger partial charge on any atom is -0.493 e. The number of thiazole rings is 1. The van der Waals surface area contributed by atoms with E-state index in [9.17, 15) is 14.4 Å². The van der Waals surface area contributed by atoms with Gasteiger partial charge in [0.2, 0.25) is 11.8 Å². The molecule has 142 valence electrons.